The monoisotopic (exact) mass is 427 g/mol. The van der Waals surface area contributed by atoms with Crippen molar-refractivity contribution in [1.82, 2.24) is 19.8 Å². The van der Waals surface area contributed by atoms with Gasteiger partial charge in [-0.3, -0.25) is 4.90 Å². The largest absolute Gasteiger partial charge is 0.379 e. The SMILES string of the molecule is CCO[C@H]1CC[C@H](N2CCC(c3cnc(N4C5CCC4CN(CC)C5)nc3)CC2)CC1. The van der Waals surface area contributed by atoms with Crippen molar-refractivity contribution in [2.24, 2.45) is 0 Å². The van der Waals surface area contributed by atoms with Crippen LogP contribution in [-0.4, -0.2) is 83.3 Å². The third-order valence-electron chi connectivity index (χ3n) is 8.46. The van der Waals surface area contributed by atoms with E-state index in [1.54, 1.807) is 0 Å². The molecule has 6 heteroatoms. The van der Waals surface area contributed by atoms with Crippen LogP contribution in [-0.2, 0) is 4.74 Å². The third kappa shape index (κ3) is 4.62. The molecular weight excluding hydrogens is 386 g/mol. The predicted molar refractivity (Wildman–Crippen MR) is 125 cm³/mol. The van der Waals surface area contributed by atoms with Gasteiger partial charge in [-0.15, -0.1) is 0 Å². The predicted octanol–water partition coefficient (Wildman–Crippen LogP) is 3.68. The maximum absolute atomic E-state index is 5.84. The molecule has 1 aliphatic carbocycles. The maximum Gasteiger partial charge on any atom is 0.225 e. The number of hydrogen-bond donors (Lipinski definition) is 0. The molecule has 6 nitrogen and oxygen atoms in total. The second-order valence-corrected chi connectivity index (χ2v) is 10.2. The molecule has 3 aliphatic heterocycles. The van der Waals surface area contributed by atoms with Crippen molar-refractivity contribution in [3.05, 3.63) is 18.0 Å². The topological polar surface area (TPSA) is 44.7 Å². The van der Waals surface area contributed by atoms with E-state index >= 15 is 0 Å². The van der Waals surface area contributed by atoms with Crippen molar-refractivity contribution in [1.29, 1.82) is 0 Å². The minimum absolute atomic E-state index is 0.509. The standard InChI is InChI=1S/C25H41N5O/c1-3-28-17-22-5-6-23(18-28)30(22)25-26-15-20(16-27-25)19-11-13-29(14-12-19)21-7-9-24(10-8-21)31-4-2/h15-16,19,21-24H,3-14,17-18H2,1-2H3/t21-,22?,23?,24-. The number of ether oxygens (including phenoxy) is 1. The summed E-state index contributed by atoms with van der Waals surface area (Å²) in [6.07, 6.45) is 14.9. The Balaban J connectivity index is 1.13. The summed E-state index contributed by atoms with van der Waals surface area (Å²) in [5.41, 5.74) is 1.35. The van der Waals surface area contributed by atoms with Gasteiger partial charge in [0.25, 0.3) is 0 Å². The van der Waals surface area contributed by atoms with Crippen molar-refractivity contribution >= 4 is 5.95 Å². The van der Waals surface area contributed by atoms with E-state index in [1.807, 2.05) is 0 Å². The zero-order chi connectivity index (χ0) is 21.2. The van der Waals surface area contributed by atoms with Crippen LogP contribution >= 0.6 is 0 Å². The molecule has 0 N–H and O–H groups in total. The van der Waals surface area contributed by atoms with Crippen molar-refractivity contribution < 1.29 is 4.74 Å². The molecule has 0 amide bonds. The number of likely N-dealkylation sites (N-methyl/N-ethyl adjacent to an activating group) is 1. The number of fused-ring (bicyclic) bond motifs is 2. The fourth-order valence-corrected chi connectivity index (χ4v) is 6.66. The molecule has 2 atom stereocenters. The van der Waals surface area contributed by atoms with Crippen molar-refractivity contribution in [3.8, 4) is 0 Å². The second-order valence-electron chi connectivity index (χ2n) is 10.2. The number of piperidine rings is 1. The summed E-state index contributed by atoms with van der Waals surface area (Å²) in [5, 5.41) is 0. The van der Waals surface area contributed by atoms with Gasteiger partial charge in [0.1, 0.15) is 0 Å². The van der Waals surface area contributed by atoms with E-state index in [4.69, 9.17) is 14.7 Å². The van der Waals surface area contributed by atoms with Crippen molar-refractivity contribution in [2.45, 2.75) is 95.4 Å². The fraction of sp³-hybridized carbons (Fsp3) is 0.840. The molecule has 1 aromatic heterocycles. The number of nitrogens with zero attached hydrogens (tertiary/aromatic N) is 5. The molecular formula is C25H41N5O. The highest BCUT2D eigenvalue weighted by Crippen LogP contribution is 2.35. The van der Waals surface area contributed by atoms with Gasteiger partial charge < -0.3 is 14.5 Å². The zero-order valence-electron chi connectivity index (χ0n) is 19.6. The number of hydrogen-bond acceptors (Lipinski definition) is 6. The molecule has 0 aromatic carbocycles. The molecule has 0 radical (unpaired) electrons. The van der Waals surface area contributed by atoms with Crippen LogP contribution in [0.4, 0.5) is 5.95 Å². The highest BCUT2D eigenvalue weighted by Gasteiger charge is 2.40. The lowest BCUT2D eigenvalue weighted by Crippen LogP contribution is -2.54. The van der Waals surface area contributed by atoms with E-state index in [0.29, 0.717) is 24.1 Å². The molecule has 2 unspecified atom stereocenters. The van der Waals surface area contributed by atoms with Crippen LogP contribution in [0.1, 0.15) is 76.7 Å². The average molecular weight is 428 g/mol. The Morgan fingerprint density at radius 2 is 1.45 bits per heavy atom. The Kier molecular flexibility index (Phi) is 6.77. The van der Waals surface area contributed by atoms with Crippen LogP contribution in [0.3, 0.4) is 0 Å². The normalized spacial score (nSPS) is 33.2. The van der Waals surface area contributed by atoms with E-state index in [2.05, 4.69) is 40.9 Å². The highest BCUT2D eigenvalue weighted by molar-refractivity contribution is 5.38. The van der Waals surface area contributed by atoms with Crippen LogP contribution in [0.15, 0.2) is 12.4 Å². The van der Waals surface area contributed by atoms with E-state index < -0.39 is 0 Å². The molecule has 1 saturated carbocycles. The van der Waals surface area contributed by atoms with E-state index in [0.717, 1.165) is 25.1 Å². The molecule has 172 valence electrons. The molecule has 1 aromatic rings. The van der Waals surface area contributed by atoms with Gasteiger partial charge in [-0.1, -0.05) is 6.92 Å². The van der Waals surface area contributed by atoms with Crippen LogP contribution in [0.25, 0.3) is 0 Å². The van der Waals surface area contributed by atoms with E-state index in [-0.39, 0.29) is 0 Å². The summed E-state index contributed by atoms with van der Waals surface area (Å²) < 4.78 is 5.84. The summed E-state index contributed by atoms with van der Waals surface area (Å²) in [6, 6.07) is 1.98. The number of piperazine rings is 1. The Morgan fingerprint density at radius 1 is 0.839 bits per heavy atom. The van der Waals surface area contributed by atoms with Crippen LogP contribution in [0.5, 0.6) is 0 Å². The number of aromatic nitrogens is 2. The quantitative estimate of drug-likeness (QED) is 0.690. The van der Waals surface area contributed by atoms with Gasteiger partial charge in [0.05, 0.1) is 6.10 Å². The van der Waals surface area contributed by atoms with Gasteiger partial charge in [0, 0.05) is 50.2 Å². The average Bonchev–Trinajstić information content (AvgIpc) is 3.09. The maximum atomic E-state index is 5.84. The highest BCUT2D eigenvalue weighted by atomic mass is 16.5. The van der Waals surface area contributed by atoms with Gasteiger partial charge in [-0.2, -0.15) is 0 Å². The molecule has 4 heterocycles. The van der Waals surface area contributed by atoms with Crippen LogP contribution in [0.2, 0.25) is 0 Å². The third-order valence-corrected chi connectivity index (χ3v) is 8.46. The summed E-state index contributed by atoms with van der Waals surface area (Å²) in [7, 11) is 0. The van der Waals surface area contributed by atoms with Crippen molar-refractivity contribution in [3.63, 3.8) is 0 Å². The Morgan fingerprint density at radius 3 is 2.03 bits per heavy atom. The minimum atomic E-state index is 0.509. The number of rotatable bonds is 6. The summed E-state index contributed by atoms with van der Waals surface area (Å²) in [6.45, 7) is 11.2. The molecule has 4 aliphatic rings. The Bertz CT molecular complexity index is 682. The number of anilines is 1. The molecule has 2 bridgehead atoms. The first-order chi connectivity index (χ1) is 15.2. The first kappa shape index (κ1) is 21.6. The lowest BCUT2D eigenvalue weighted by Gasteiger charge is -2.41. The first-order valence-corrected chi connectivity index (χ1v) is 12.9. The molecule has 0 spiro atoms. The summed E-state index contributed by atoms with van der Waals surface area (Å²) in [5.74, 6) is 1.59. The van der Waals surface area contributed by atoms with Gasteiger partial charge in [0.2, 0.25) is 5.95 Å². The zero-order valence-corrected chi connectivity index (χ0v) is 19.6. The van der Waals surface area contributed by atoms with Gasteiger partial charge in [0.15, 0.2) is 0 Å². The lowest BCUT2D eigenvalue weighted by atomic mass is 9.87. The van der Waals surface area contributed by atoms with Crippen molar-refractivity contribution in [2.75, 3.05) is 44.2 Å². The van der Waals surface area contributed by atoms with E-state index in [1.165, 1.54) is 83.1 Å². The Hall–Kier alpha value is -1.24. The van der Waals surface area contributed by atoms with E-state index in [9.17, 15) is 0 Å². The number of likely N-dealkylation sites (tertiary alicyclic amines) is 2. The molecule has 31 heavy (non-hydrogen) atoms. The molecule has 3 saturated heterocycles. The molecule has 4 fully saturated rings. The Labute approximate surface area is 188 Å². The summed E-state index contributed by atoms with van der Waals surface area (Å²) >= 11 is 0. The minimum Gasteiger partial charge on any atom is -0.379 e. The first-order valence-electron chi connectivity index (χ1n) is 12.9. The van der Waals surface area contributed by atoms with Gasteiger partial charge in [-0.25, -0.2) is 9.97 Å². The van der Waals surface area contributed by atoms with Crippen LogP contribution < -0.4 is 4.90 Å². The molecule has 5 rings (SSSR count). The van der Waals surface area contributed by atoms with Crippen LogP contribution in [0, 0.1) is 0 Å². The fourth-order valence-electron chi connectivity index (χ4n) is 6.66. The van der Waals surface area contributed by atoms with Gasteiger partial charge in [-0.05, 0) is 89.4 Å². The lowest BCUT2D eigenvalue weighted by molar-refractivity contribution is 0.00944. The van der Waals surface area contributed by atoms with Gasteiger partial charge >= 0.3 is 0 Å². The summed E-state index contributed by atoms with van der Waals surface area (Å²) in [4.78, 5) is 17.6. The smallest absolute Gasteiger partial charge is 0.225 e. The second kappa shape index (κ2) is 9.72.